The van der Waals surface area contributed by atoms with Gasteiger partial charge in [0.1, 0.15) is 0 Å². The first-order valence-corrected chi connectivity index (χ1v) is 6.65. The molecule has 1 aromatic heterocycles. The third-order valence-corrected chi connectivity index (χ3v) is 3.86. The lowest BCUT2D eigenvalue weighted by Crippen LogP contribution is -1.89. The Kier molecular flexibility index (Phi) is 2.61. The number of pyridine rings is 1. The Morgan fingerprint density at radius 3 is 2.56 bits per heavy atom. The summed E-state index contributed by atoms with van der Waals surface area (Å²) in [4.78, 5) is 4.60. The summed E-state index contributed by atoms with van der Waals surface area (Å²) in [6.07, 6.45) is 2.42. The first-order chi connectivity index (χ1) is 7.65. The summed E-state index contributed by atoms with van der Waals surface area (Å²) in [5, 5.41) is 2.29. The third-order valence-electron chi connectivity index (χ3n) is 2.80. The Hall–Kier alpha value is -0.310. The number of hydrogen-bond acceptors (Lipinski definition) is 1. The van der Waals surface area contributed by atoms with Gasteiger partial charge < -0.3 is 0 Å². The second-order valence-electron chi connectivity index (χ2n) is 4.09. The molecule has 1 aliphatic carbocycles. The van der Waals surface area contributed by atoms with Crippen LogP contribution in [0.15, 0.2) is 22.7 Å². The van der Waals surface area contributed by atoms with Crippen LogP contribution in [0.2, 0.25) is 10.0 Å². The van der Waals surface area contributed by atoms with Crippen molar-refractivity contribution in [2.24, 2.45) is 0 Å². The summed E-state index contributed by atoms with van der Waals surface area (Å²) in [7, 11) is 0. The molecule has 0 bridgehead atoms. The van der Waals surface area contributed by atoms with E-state index in [1.165, 1.54) is 12.8 Å². The standard InChI is InChI=1S/C12H8BrCl2N/c13-7-3-8-9(14)5-11(6-1-2-6)16-12(8)10(15)4-7/h3-6H,1-2H2. The third kappa shape index (κ3) is 1.83. The van der Waals surface area contributed by atoms with Gasteiger partial charge in [0.2, 0.25) is 0 Å². The van der Waals surface area contributed by atoms with Crippen LogP contribution in [0.1, 0.15) is 24.5 Å². The van der Waals surface area contributed by atoms with Crippen LogP contribution < -0.4 is 0 Å². The topological polar surface area (TPSA) is 12.9 Å². The fraction of sp³-hybridized carbons (Fsp3) is 0.250. The van der Waals surface area contributed by atoms with Gasteiger partial charge in [0.05, 0.1) is 15.6 Å². The molecule has 16 heavy (non-hydrogen) atoms. The van der Waals surface area contributed by atoms with Crippen molar-refractivity contribution in [3.05, 3.63) is 38.4 Å². The molecule has 1 nitrogen and oxygen atoms in total. The zero-order valence-electron chi connectivity index (χ0n) is 8.30. The number of nitrogens with zero attached hydrogens (tertiary/aromatic N) is 1. The Morgan fingerprint density at radius 1 is 1.12 bits per heavy atom. The van der Waals surface area contributed by atoms with Crippen LogP contribution in [0.3, 0.4) is 0 Å². The van der Waals surface area contributed by atoms with Crippen molar-refractivity contribution in [1.29, 1.82) is 0 Å². The minimum absolute atomic E-state index is 0.585. The van der Waals surface area contributed by atoms with Gasteiger partial charge in [-0.25, -0.2) is 0 Å². The highest BCUT2D eigenvalue weighted by molar-refractivity contribution is 9.10. The van der Waals surface area contributed by atoms with E-state index in [0.29, 0.717) is 10.9 Å². The summed E-state index contributed by atoms with van der Waals surface area (Å²) in [5.41, 5.74) is 1.88. The van der Waals surface area contributed by atoms with E-state index in [1.54, 1.807) is 0 Å². The van der Waals surface area contributed by atoms with Gasteiger partial charge in [0.25, 0.3) is 0 Å². The Labute approximate surface area is 112 Å². The van der Waals surface area contributed by atoms with Crippen molar-refractivity contribution in [1.82, 2.24) is 4.98 Å². The van der Waals surface area contributed by atoms with Gasteiger partial charge in [-0.3, -0.25) is 4.98 Å². The molecule has 0 amide bonds. The number of fused-ring (bicyclic) bond motifs is 1. The number of hydrogen-bond donors (Lipinski definition) is 0. The molecule has 0 spiro atoms. The lowest BCUT2D eigenvalue weighted by Gasteiger charge is -2.06. The predicted molar refractivity (Wildman–Crippen MR) is 71.4 cm³/mol. The normalized spacial score (nSPS) is 15.7. The average Bonchev–Trinajstić information content (AvgIpc) is 3.02. The highest BCUT2D eigenvalue weighted by atomic mass is 79.9. The summed E-state index contributed by atoms with van der Waals surface area (Å²) in [6, 6.07) is 5.77. The van der Waals surface area contributed by atoms with Gasteiger partial charge >= 0.3 is 0 Å². The Morgan fingerprint density at radius 2 is 1.88 bits per heavy atom. The van der Waals surface area contributed by atoms with Crippen molar-refractivity contribution >= 4 is 50.0 Å². The molecule has 1 aromatic carbocycles. The van der Waals surface area contributed by atoms with E-state index in [9.17, 15) is 0 Å². The van der Waals surface area contributed by atoms with E-state index in [0.717, 1.165) is 26.1 Å². The first-order valence-electron chi connectivity index (χ1n) is 5.10. The molecule has 1 heterocycles. The fourth-order valence-corrected chi connectivity index (χ4v) is 2.93. The van der Waals surface area contributed by atoms with Crippen molar-refractivity contribution in [2.75, 3.05) is 0 Å². The van der Waals surface area contributed by atoms with E-state index in [1.807, 2.05) is 18.2 Å². The molecule has 4 heteroatoms. The van der Waals surface area contributed by atoms with Gasteiger partial charge in [-0.15, -0.1) is 0 Å². The quantitative estimate of drug-likeness (QED) is 0.706. The molecular formula is C12H8BrCl2N. The molecule has 82 valence electrons. The molecule has 1 aliphatic rings. The van der Waals surface area contributed by atoms with Gasteiger partial charge in [-0.1, -0.05) is 39.1 Å². The molecule has 0 N–H and O–H groups in total. The largest absolute Gasteiger partial charge is 0.251 e. The van der Waals surface area contributed by atoms with E-state index in [2.05, 4.69) is 20.9 Å². The predicted octanol–water partition coefficient (Wildman–Crippen LogP) is 5.18. The fourth-order valence-electron chi connectivity index (χ4n) is 1.82. The second-order valence-corrected chi connectivity index (χ2v) is 5.82. The van der Waals surface area contributed by atoms with E-state index in [4.69, 9.17) is 23.2 Å². The monoisotopic (exact) mass is 315 g/mol. The molecule has 0 unspecified atom stereocenters. The number of aromatic nitrogens is 1. The SMILES string of the molecule is Clc1cc(C2CC2)nc2c(Cl)cc(Br)cc12. The molecule has 0 saturated heterocycles. The lowest BCUT2D eigenvalue weighted by molar-refractivity contribution is 1.04. The smallest absolute Gasteiger partial charge is 0.0907 e. The van der Waals surface area contributed by atoms with Crippen LogP contribution in [0, 0.1) is 0 Å². The molecule has 1 fully saturated rings. The van der Waals surface area contributed by atoms with Crippen molar-refractivity contribution in [3.8, 4) is 0 Å². The van der Waals surface area contributed by atoms with Crippen LogP contribution in [0.4, 0.5) is 0 Å². The highest BCUT2D eigenvalue weighted by Gasteiger charge is 2.26. The molecule has 0 aliphatic heterocycles. The number of benzene rings is 1. The average molecular weight is 317 g/mol. The number of halogens is 3. The minimum Gasteiger partial charge on any atom is -0.251 e. The lowest BCUT2D eigenvalue weighted by atomic mass is 10.1. The van der Waals surface area contributed by atoms with Gasteiger partial charge in [-0.2, -0.15) is 0 Å². The maximum absolute atomic E-state index is 6.26. The van der Waals surface area contributed by atoms with Crippen LogP contribution in [0.25, 0.3) is 10.9 Å². The maximum atomic E-state index is 6.26. The molecule has 0 radical (unpaired) electrons. The molecular weight excluding hydrogens is 309 g/mol. The number of rotatable bonds is 1. The Bertz CT molecular complexity index is 579. The van der Waals surface area contributed by atoms with Crippen molar-refractivity contribution in [3.63, 3.8) is 0 Å². The summed E-state index contributed by atoms with van der Waals surface area (Å²) in [6.45, 7) is 0. The minimum atomic E-state index is 0.585. The van der Waals surface area contributed by atoms with E-state index >= 15 is 0 Å². The van der Waals surface area contributed by atoms with Crippen LogP contribution >= 0.6 is 39.1 Å². The van der Waals surface area contributed by atoms with Gasteiger partial charge in [0.15, 0.2) is 0 Å². The molecule has 0 atom stereocenters. The van der Waals surface area contributed by atoms with E-state index in [-0.39, 0.29) is 0 Å². The van der Waals surface area contributed by atoms with Crippen LogP contribution in [-0.2, 0) is 0 Å². The van der Waals surface area contributed by atoms with E-state index < -0.39 is 0 Å². The zero-order chi connectivity index (χ0) is 11.3. The van der Waals surface area contributed by atoms with Crippen molar-refractivity contribution < 1.29 is 0 Å². The van der Waals surface area contributed by atoms with Crippen molar-refractivity contribution in [2.45, 2.75) is 18.8 Å². The molecule has 1 saturated carbocycles. The maximum Gasteiger partial charge on any atom is 0.0907 e. The summed E-state index contributed by atoms with van der Waals surface area (Å²) < 4.78 is 0.924. The summed E-state index contributed by atoms with van der Waals surface area (Å²) in [5.74, 6) is 0.585. The Balaban J connectivity index is 2.32. The zero-order valence-corrected chi connectivity index (χ0v) is 11.4. The van der Waals surface area contributed by atoms with Crippen LogP contribution in [-0.4, -0.2) is 4.98 Å². The highest BCUT2D eigenvalue weighted by Crippen LogP contribution is 2.42. The summed E-state index contributed by atoms with van der Waals surface area (Å²) >= 11 is 15.8. The second kappa shape index (κ2) is 3.86. The molecule has 2 aromatic rings. The first kappa shape index (κ1) is 10.8. The molecule has 3 rings (SSSR count). The van der Waals surface area contributed by atoms with Gasteiger partial charge in [-0.05, 0) is 31.0 Å². The van der Waals surface area contributed by atoms with Crippen LogP contribution in [0.5, 0.6) is 0 Å². The van der Waals surface area contributed by atoms with Gasteiger partial charge in [0, 0.05) is 21.5 Å².